The average Bonchev–Trinajstić information content (AvgIpc) is 2.58. The molecule has 4 heteroatoms. The Morgan fingerprint density at radius 3 is 2.43 bits per heavy atom. The molecule has 2 aromatic carbocycles. The molecule has 0 saturated carbocycles. The van der Waals surface area contributed by atoms with Crippen LogP contribution in [-0.4, -0.2) is 11.5 Å². The Labute approximate surface area is 136 Å². The highest BCUT2D eigenvalue weighted by Gasteiger charge is 2.45. The number of hydrogen-bond donors (Lipinski definition) is 1. The van der Waals surface area contributed by atoms with Gasteiger partial charge < -0.3 is 15.4 Å². The van der Waals surface area contributed by atoms with E-state index in [4.69, 9.17) is 10.5 Å². The summed E-state index contributed by atoms with van der Waals surface area (Å²) in [5, 5.41) is 0. The summed E-state index contributed by atoms with van der Waals surface area (Å²) in [6, 6.07) is 15.5. The predicted octanol–water partition coefficient (Wildman–Crippen LogP) is 3.75. The number of anilines is 2. The molecule has 1 amide bonds. The molecule has 1 aliphatic rings. The molecule has 23 heavy (non-hydrogen) atoms. The molecule has 0 fully saturated rings. The number of hydrogen-bond acceptors (Lipinski definition) is 3. The maximum atomic E-state index is 13.1. The van der Waals surface area contributed by atoms with Crippen LogP contribution in [0.4, 0.5) is 11.4 Å². The molecule has 0 unspecified atom stereocenters. The number of nitrogen functional groups attached to an aromatic ring is 1. The van der Waals surface area contributed by atoms with E-state index >= 15 is 0 Å². The molecule has 4 nitrogen and oxygen atoms in total. The van der Waals surface area contributed by atoms with E-state index in [9.17, 15) is 4.79 Å². The number of carbonyl (C=O) groups is 1. The largest absolute Gasteiger partial charge is 0.475 e. The lowest BCUT2D eigenvalue weighted by Gasteiger charge is -2.42. The third kappa shape index (κ3) is 2.65. The number of nitrogens with two attached hydrogens (primary N) is 1. The zero-order chi connectivity index (χ0) is 16.4. The van der Waals surface area contributed by atoms with Gasteiger partial charge in [0.05, 0.1) is 12.2 Å². The molecule has 0 spiro atoms. The first-order valence-corrected chi connectivity index (χ1v) is 8.04. The Kier molecular flexibility index (Phi) is 3.99. The van der Waals surface area contributed by atoms with Crippen LogP contribution in [0.15, 0.2) is 48.5 Å². The van der Waals surface area contributed by atoms with Crippen molar-refractivity contribution in [3.05, 3.63) is 54.1 Å². The fourth-order valence-electron chi connectivity index (χ4n) is 3.06. The lowest BCUT2D eigenvalue weighted by atomic mass is 9.92. The summed E-state index contributed by atoms with van der Waals surface area (Å²) in [6.45, 7) is 4.50. The summed E-state index contributed by atoms with van der Waals surface area (Å²) in [6.07, 6.45) is 1.25. The molecule has 2 aromatic rings. The molecular formula is C19H22N2O2. The van der Waals surface area contributed by atoms with E-state index < -0.39 is 5.60 Å². The van der Waals surface area contributed by atoms with Crippen LogP contribution in [0.25, 0.3) is 0 Å². The number of nitrogens with zero attached hydrogens (tertiary/aromatic N) is 1. The molecule has 120 valence electrons. The first-order chi connectivity index (χ1) is 11.1. The molecule has 1 aliphatic heterocycles. The van der Waals surface area contributed by atoms with Gasteiger partial charge in [-0.15, -0.1) is 0 Å². The molecule has 0 saturated heterocycles. The van der Waals surface area contributed by atoms with Gasteiger partial charge in [0.1, 0.15) is 5.75 Å². The van der Waals surface area contributed by atoms with Crippen molar-refractivity contribution in [1.29, 1.82) is 0 Å². The number of carbonyl (C=O) groups excluding carboxylic acids is 1. The predicted molar refractivity (Wildman–Crippen MR) is 92.4 cm³/mol. The van der Waals surface area contributed by atoms with Crippen molar-refractivity contribution >= 4 is 17.3 Å². The Balaban J connectivity index is 2.07. The van der Waals surface area contributed by atoms with E-state index in [0.29, 0.717) is 30.8 Å². The molecular weight excluding hydrogens is 288 g/mol. The van der Waals surface area contributed by atoms with Gasteiger partial charge in [0.2, 0.25) is 0 Å². The van der Waals surface area contributed by atoms with Crippen molar-refractivity contribution in [2.24, 2.45) is 0 Å². The van der Waals surface area contributed by atoms with E-state index in [2.05, 4.69) is 0 Å². The maximum Gasteiger partial charge on any atom is 0.271 e. The van der Waals surface area contributed by atoms with E-state index in [1.807, 2.05) is 55.1 Å². The normalized spacial score (nSPS) is 15.9. The highest BCUT2D eigenvalue weighted by molar-refractivity contribution is 6.03. The zero-order valence-corrected chi connectivity index (χ0v) is 13.6. The molecule has 0 atom stereocenters. The number of fused-ring (bicyclic) bond motifs is 1. The van der Waals surface area contributed by atoms with Crippen molar-refractivity contribution in [2.75, 3.05) is 10.6 Å². The quantitative estimate of drug-likeness (QED) is 0.875. The summed E-state index contributed by atoms with van der Waals surface area (Å²) >= 11 is 0. The highest BCUT2D eigenvalue weighted by atomic mass is 16.5. The molecule has 2 N–H and O–H groups in total. The monoisotopic (exact) mass is 310 g/mol. The van der Waals surface area contributed by atoms with Crippen LogP contribution in [0.5, 0.6) is 5.75 Å². The Morgan fingerprint density at radius 2 is 1.78 bits per heavy atom. The van der Waals surface area contributed by atoms with E-state index in [1.165, 1.54) is 0 Å². The van der Waals surface area contributed by atoms with Crippen molar-refractivity contribution < 1.29 is 9.53 Å². The first kappa shape index (κ1) is 15.4. The van der Waals surface area contributed by atoms with Gasteiger partial charge in [-0.05, 0) is 30.5 Å². The number of rotatable bonds is 4. The van der Waals surface area contributed by atoms with Crippen molar-refractivity contribution in [2.45, 2.75) is 38.8 Å². The molecule has 0 aromatic heterocycles. The molecule has 0 aliphatic carbocycles. The zero-order valence-electron chi connectivity index (χ0n) is 13.6. The summed E-state index contributed by atoms with van der Waals surface area (Å²) in [5.41, 5.74) is 7.60. The lowest BCUT2D eigenvalue weighted by Crippen LogP contribution is -2.55. The highest BCUT2D eigenvalue weighted by Crippen LogP contribution is 2.42. The fraction of sp³-hybridized carbons (Fsp3) is 0.316. The maximum absolute atomic E-state index is 13.1. The van der Waals surface area contributed by atoms with Gasteiger partial charge in [-0.2, -0.15) is 0 Å². The summed E-state index contributed by atoms with van der Waals surface area (Å²) in [4.78, 5) is 15.0. The second-order valence-corrected chi connectivity index (χ2v) is 5.91. The second kappa shape index (κ2) is 5.95. The van der Waals surface area contributed by atoms with Crippen LogP contribution in [0.2, 0.25) is 0 Å². The van der Waals surface area contributed by atoms with Crippen molar-refractivity contribution in [3.63, 3.8) is 0 Å². The Morgan fingerprint density at radius 1 is 1.09 bits per heavy atom. The third-order valence-corrected chi connectivity index (χ3v) is 4.54. The van der Waals surface area contributed by atoms with Crippen molar-refractivity contribution in [1.82, 2.24) is 0 Å². The van der Waals surface area contributed by atoms with Gasteiger partial charge in [0, 0.05) is 11.8 Å². The fourth-order valence-corrected chi connectivity index (χ4v) is 3.06. The Bertz CT molecular complexity index is 709. The van der Waals surface area contributed by atoms with Crippen LogP contribution in [-0.2, 0) is 11.3 Å². The minimum atomic E-state index is -0.810. The van der Waals surface area contributed by atoms with Crippen LogP contribution < -0.4 is 15.4 Å². The van der Waals surface area contributed by atoms with Gasteiger partial charge in [-0.25, -0.2) is 0 Å². The van der Waals surface area contributed by atoms with Crippen molar-refractivity contribution in [3.8, 4) is 5.75 Å². The lowest BCUT2D eigenvalue weighted by molar-refractivity contribution is -0.136. The van der Waals surface area contributed by atoms with Crippen LogP contribution >= 0.6 is 0 Å². The van der Waals surface area contributed by atoms with Crippen LogP contribution in [0.1, 0.15) is 32.3 Å². The van der Waals surface area contributed by atoms with E-state index in [1.54, 1.807) is 12.1 Å². The summed E-state index contributed by atoms with van der Waals surface area (Å²) in [5.74, 6) is 0.702. The second-order valence-electron chi connectivity index (χ2n) is 5.91. The SMILES string of the molecule is CCC1(CC)Oc2cc(N)ccc2N(Cc2ccccc2)C1=O. The minimum absolute atomic E-state index is 0.0172. The van der Waals surface area contributed by atoms with Crippen LogP contribution in [0, 0.1) is 0 Å². The standard InChI is InChI=1S/C19H22N2O2/c1-3-19(4-2)18(22)21(13-14-8-6-5-7-9-14)16-11-10-15(20)12-17(16)23-19/h5-12H,3-4,13,20H2,1-2H3. The van der Waals surface area contributed by atoms with Gasteiger partial charge in [-0.1, -0.05) is 44.2 Å². The Hall–Kier alpha value is -2.49. The molecule has 0 bridgehead atoms. The van der Waals surface area contributed by atoms with E-state index in [-0.39, 0.29) is 5.91 Å². The molecule has 3 rings (SSSR count). The minimum Gasteiger partial charge on any atom is -0.475 e. The number of benzene rings is 2. The average molecular weight is 310 g/mol. The van der Waals surface area contributed by atoms with Gasteiger partial charge in [-0.3, -0.25) is 4.79 Å². The smallest absolute Gasteiger partial charge is 0.271 e. The molecule has 0 radical (unpaired) electrons. The third-order valence-electron chi connectivity index (χ3n) is 4.54. The van der Waals surface area contributed by atoms with E-state index in [0.717, 1.165) is 11.3 Å². The topological polar surface area (TPSA) is 55.6 Å². The van der Waals surface area contributed by atoms with Crippen LogP contribution in [0.3, 0.4) is 0 Å². The van der Waals surface area contributed by atoms with Gasteiger partial charge in [0.15, 0.2) is 5.60 Å². The number of amides is 1. The summed E-state index contributed by atoms with van der Waals surface area (Å²) < 4.78 is 6.11. The van der Waals surface area contributed by atoms with Gasteiger partial charge >= 0.3 is 0 Å². The van der Waals surface area contributed by atoms with Gasteiger partial charge in [0.25, 0.3) is 5.91 Å². The molecule has 1 heterocycles. The summed E-state index contributed by atoms with van der Waals surface area (Å²) in [7, 11) is 0. The first-order valence-electron chi connectivity index (χ1n) is 8.04. The number of ether oxygens (including phenoxy) is 1.